The quantitative estimate of drug-likeness (QED) is 0.444. The van der Waals surface area contributed by atoms with E-state index in [-0.39, 0.29) is 6.42 Å². The normalized spacial score (nSPS) is 12.8. The molecule has 0 unspecified atom stereocenters. The number of benzene rings is 1. The summed E-state index contributed by atoms with van der Waals surface area (Å²) < 4.78 is 9.91. The molecule has 0 bridgehead atoms. The Morgan fingerprint density at radius 3 is 2.56 bits per heavy atom. The van der Waals surface area contributed by atoms with Gasteiger partial charge in [0.2, 0.25) is 0 Å². The average Bonchev–Trinajstić information content (AvgIpc) is 2.54. The number of nitrogens with two attached hydrogens (primary N) is 1. The zero-order valence-corrected chi connectivity index (χ0v) is 14.8. The molecule has 9 heteroatoms. The molecule has 4 N–H and O–H groups in total. The number of hydrogen-bond acceptors (Lipinski definition) is 5. The second-order valence-corrected chi connectivity index (χ2v) is 5.61. The van der Waals surface area contributed by atoms with Gasteiger partial charge in [-0.3, -0.25) is 9.59 Å². The van der Waals surface area contributed by atoms with Gasteiger partial charge in [0.25, 0.3) is 5.91 Å². The van der Waals surface area contributed by atoms with Gasteiger partial charge < -0.3 is 25.8 Å². The molecule has 1 aromatic rings. The highest BCUT2D eigenvalue weighted by molar-refractivity contribution is 6.31. The Hall–Kier alpha value is -2.32. The Balaban J connectivity index is 2.68. The molecule has 3 amide bonds. The molecule has 138 valence electrons. The van der Waals surface area contributed by atoms with E-state index in [0.717, 1.165) is 0 Å². The van der Waals surface area contributed by atoms with Gasteiger partial charge in [-0.2, -0.15) is 0 Å². The monoisotopic (exact) mass is 371 g/mol. The van der Waals surface area contributed by atoms with Gasteiger partial charge in [0.05, 0.1) is 19.1 Å². The second-order valence-electron chi connectivity index (χ2n) is 5.20. The molecule has 0 fully saturated rings. The number of ether oxygens (including phenoxy) is 2. The highest BCUT2D eigenvalue weighted by atomic mass is 35.5. The lowest BCUT2D eigenvalue weighted by Crippen LogP contribution is -2.39. The molecule has 0 heterocycles. The standard InChI is InChI=1S/C16H22ClN3O5/c1-10(15(22)19-7-8-24-2)25-14(21)9-13(20-16(18)23)11-5-3-4-6-12(11)17/h3-6,10,13H,7-9H2,1-2H3,(H,19,22)(H3,18,20,23)/t10-,13-/m0/s1. The van der Waals surface area contributed by atoms with Gasteiger partial charge in [0.15, 0.2) is 6.10 Å². The van der Waals surface area contributed by atoms with Crippen molar-refractivity contribution in [3.8, 4) is 0 Å². The molecule has 1 aromatic carbocycles. The van der Waals surface area contributed by atoms with Crippen LogP contribution < -0.4 is 16.4 Å². The van der Waals surface area contributed by atoms with E-state index in [0.29, 0.717) is 23.7 Å². The van der Waals surface area contributed by atoms with Crippen LogP contribution in [0.5, 0.6) is 0 Å². The van der Waals surface area contributed by atoms with Gasteiger partial charge in [0, 0.05) is 18.7 Å². The van der Waals surface area contributed by atoms with E-state index in [1.54, 1.807) is 24.3 Å². The third kappa shape index (κ3) is 7.40. The largest absolute Gasteiger partial charge is 0.452 e. The van der Waals surface area contributed by atoms with Crippen molar-refractivity contribution in [3.05, 3.63) is 34.9 Å². The van der Waals surface area contributed by atoms with Crippen molar-refractivity contribution >= 4 is 29.5 Å². The topological polar surface area (TPSA) is 120 Å². The van der Waals surface area contributed by atoms with Crippen molar-refractivity contribution in [1.82, 2.24) is 10.6 Å². The maximum atomic E-state index is 12.1. The molecule has 0 radical (unpaired) electrons. The first-order valence-electron chi connectivity index (χ1n) is 7.61. The lowest BCUT2D eigenvalue weighted by atomic mass is 10.0. The lowest BCUT2D eigenvalue weighted by Gasteiger charge is -2.20. The fraction of sp³-hybridized carbons (Fsp3) is 0.438. The first-order valence-corrected chi connectivity index (χ1v) is 7.99. The predicted octanol–water partition coefficient (Wildman–Crippen LogP) is 1.13. The minimum absolute atomic E-state index is 0.220. The van der Waals surface area contributed by atoms with Crippen LogP contribution >= 0.6 is 11.6 Å². The molecule has 0 saturated heterocycles. The summed E-state index contributed by atoms with van der Waals surface area (Å²) in [6, 6.07) is 5.16. The number of rotatable bonds is 9. The van der Waals surface area contributed by atoms with Crippen LogP contribution in [0.2, 0.25) is 5.02 Å². The zero-order valence-electron chi connectivity index (χ0n) is 14.1. The molecular formula is C16H22ClN3O5. The van der Waals surface area contributed by atoms with Crippen molar-refractivity contribution in [1.29, 1.82) is 0 Å². The number of methoxy groups -OCH3 is 1. The van der Waals surface area contributed by atoms with Gasteiger partial charge in [-0.25, -0.2) is 4.79 Å². The Morgan fingerprint density at radius 1 is 1.28 bits per heavy atom. The third-order valence-corrected chi connectivity index (χ3v) is 3.59. The van der Waals surface area contributed by atoms with Crippen LogP contribution in [0.25, 0.3) is 0 Å². The highest BCUT2D eigenvalue weighted by Gasteiger charge is 2.23. The zero-order chi connectivity index (χ0) is 18.8. The van der Waals surface area contributed by atoms with Crippen LogP contribution in [0.3, 0.4) is 0 Å². The van der Waals surface area contributed by atoms with E-state index in [9.17, 15) is 14.4 Å². The first-order chi connectivity index (χ1) is 11.8. The number of esters is 1. The Bertz CT molecular complexity index is 611. The molecule has 0 saturated carbocycles. The molecule has 25 heavy (non-hydrogen) atoms. The maximum absolute atomic E-state index is 12.1. The Kier molecular flexibility index (Phi) is 8.73. The van der Waals surface area contributed by atoms with Gasteiger partial charge in [-0.05, 0) is 18.6 Å². The van der Waals surface area contributed by atoms with Crippen LogP contribution in [0.1, 0.15) is 24.9 Å². The summed E-state index contributed by atoms with van der Waals surface area (Å²) in [7, 11) is 1.51. The number of primary amides is 1. The SMILES string of the molecule is COCCNC(=O)[C@H](C)OC(=O)C[C@H](NC(N)=O)c1ccccc1Cl. The summed E-state index contributed by atoms with van der Waals surface area (Å²) in [5, 5.41) is 5.39. The number of hydrogen-bond donors (Lipinski definition) is 3. The van der Waals surface area contributed by atoms with Crippen molar-refractivity contribution in [2.24, 2.45) is 5.73 Å². The molecule has 8 nitrogen and oxygen atoms in total. The minimum atomic E-state index is -0.982. The van der Waals surface area contributed by atoms with E-state index in [1.165, 1.54) is 14.0 Å². The lowest BCUT2D eigenvalue weighted by molar-refractivity contribution is -0.155. The highest BCUT2D eigenvalue weighted by Crippen LogP contribution is 2.25. The van der Waals surface area contributed by atoms with E-state index < -0.39 is 30.1 Å². The van der Waals surface area contributed by atoms with E-state index in [4.69, 9.17) is 26.8 Å². The third-order valence-electron chi connectivity index (χ3n) is 3.25. The minimum Gasteiger partial charge on any atom is -0.452 e. The van der Waals surface area contributed by atoms with Crippen molar-refractivity contribution in [2.45, 2.75) is 25.5 Å². The summed E-state index contributed by atoms with van der Waals surface area (Å²) in [6.45, 7) is 2.11. The van der Waals surface area contributed by atoms with Gasteiger partial charge in [-0.1, -0.05) is 29.8 Å². The fourth-order valence-corrected chi connectivity index (χ4v) is 2.32. The van der Waals surface area contributed by atoms with Crippen molar-refractivity contribution < 1.29 is 23.9 Å². The summed E-state index contributed by atoms with van der Waals surface area (Å²) in [6.07, 6.45) is -1.20. The second kappa shape index (κ2) is 10.5. The number of amides is 3. The summed E-state index contributed by atoms with van der Waals surface area (Å²) in [4.78, 5) is 35.1. The molecule has 0 aromatic heterocycles. The van der Waals surface area contributed by atoms with E-state index in [1.807, 2.05) is 0 Å². The van der Waals surface area contributed by atoms with Gasteiger partial charge >= 0.3 is 12.0 Å². The number of halogens is 1. The molecule has 0 aliphatic rings. The predicted molar refractivity (Wildman–Crippen MR) is 92.0 cm³/mol. The summed E-state index contributed by atoms with van der Waals surface area (Å²) >= 11 is 6.09. The summed E-state index contributed by atoms with van der Waals surface area (Å²) in [5.41, 5.74) is 5.68. The Labute approximate surface area is 151 Å². The van der Waals surface area contributed by atoms with Crippen LogP contribution in [-0.4, -0.2) is 44.3 Å². The molecule has 0 aliphatic carbocycles. The van der Waals surface area contributed by atoms with Crippen LogP contribution in [0.4, 0.5) is 4.79 Å². The van der Waals surface area contributed by atoms with E-state index >= 15 is 0 Å². The molecule has 0 aliphatic heterocycles. The molecule has 1 rings (SSSR count). The number of urea groups is 1. The van der Waals surface area contributed by atoms with Crippen molar-refractivity contribution in [3.63, 3.8) is 0 Å². The fourth-order valence-electron chi connectivity index (χ4n) is 2.05. The molecule has 0 spiro atoms. The van der Waals surface area contributed by atoms with Gasteiger partial charge in [-0.15, -0.1) is 0 Å². The smallest absolute Gasteiger partial charge is 0.312 e. The number of nitrogens with one attached hydrogen (secondary N) is 2. The Morgan fingerprint density at radius 2 is 1.96 bits per heavy atom. The maximum Gasteiger partial charge on any atom is 0.312 e. The molecule has 2 atom stereocenters. The van der Waals surface area contributed by atoms with Crippen LogP contribution in [-0.2, 0) is 19.1 Å². The van der Waals surface area contributed by atoms with Gasteiger partial charge in [0.1, 0.15) is 0 Å². The summed E-state index contributed by atoms with van der Waals surface area (Å²) in [5.74, 6) is -1.12. The average molecular weight is 372 g/mol. The molecular weight excluding hydrogens is 350 g/mol. The first kappa shape index (κ1) is 20.7. The number of carbonyl (C=O) groups excluding carboxylic acids is 3. The van der Waals surface area contributed by atoms with Crippen LogP contribution in [0, 0.1) is 0 Å². The van der Waals surface area contributed by atoms with Crippen LogP contribution in [0.15, 0.2) is 24.3 Å². The number of carbonyl (C=O) groups is 3. The van der Waals surface area contributed by atoms with Crippen molar-refractivity contribution in [2.75, 3.05) is 20.3 Å². The van der Waals surface area contributed by atoms with E-state index in [2.05, 4.69) is 10.6 Å².